The van der Waals surface area contributed by atoms with Gasteiger partial charge in [0.25, 0.3) is 0 Å². The molecule has 0 unspecified atom stereocenters. The summed E-state index contributed by atoms with van der Waals surface area (Å²) < 4.78 is 0. The van der Waals surface area contributed by atoms with E-state index in [9.17, 15) is 0 Å². The summed E-state index contributed by atoms with van der Waals surface area (Å²) in [5.41, 5.74) is 10.9. The van der Waals surface area contributed by atoms with E-state index in [1.807, 2.05) is 0 Å². The molecule has 0 aromatic heterocycles. The zero-order valence-corrected chi connectivity index (χ0v) is 13.9. The number of rotatable bonds is 2. The Bertz CT molecular complexity index is 185. The molecular formula is C14H32Cl2N2O2. The van der Waals surface area contributed by atoms with E-state index in [1.54, 1.807) is 0 Å². The van der Waals surface area contributed by atoms with Gasteiger partial charge in [0.05, 0.1) is 12.2 Å². The molecular weight excluding hydrogens is 299 g/mol. The van der Waals surface area contributed by atoms with Gasteiger partial charge in [0.15, 0.2) is 0 Å². The van der Waals surface area contributed by atoms with Crippen LogP contribution in [0.1, 0.15) is 51.4 Å². The maximum Gasteiger partial charge on any atom is 0.0540 e. The van der Waals surface area contributed by atoms with Gasteiger partial charge in [0, 0.05) is 0 Å². The molecule has 0 aliphatic heterocycles. The SMILES string of the molecule is Cl.Cl.NCC1CCC(O)CC1.NCC1CCC(O)CC1. The monoisotopic (exact) mass is 330 g/mol. The van der Waals surface area contributed by atoms with Crippen molar-refractivity contribution in [3.63, 3.8) is 0 Å². The van der Waals surface area contributed by atoms with Crippen LogP contribution in [0.5, 0.6) is 0 Å². The summed E-state index contributed by atoms with van der Waals surface area (Å²) in [5, 5.41) is 18.2. The number of aliphatic hydroxyl groups is 2. The first-order chi connectivity index (χ1) is 8.65. The lowest BCUT2D eigenvalue weighted by atomic mass is 9.88. The lowest BCUT2D eigenvalue weighted by Crippen LogP contribution is -2.23. The van der Waals surface area contributed by atoms with Gasteiger partial charge in [-0.3, -0.25) is 0 Å². The quantitative estimate of drug-likeness (QED) is 0.621. The molecule has 0 atom stereocenters. The summed E-state index contributed by atoms with van der Waals surface area (Å²) in [4.78, 5) is 0. The Labute approximate surface area is 135 Å². The van der Waals surface area contributed by atoms with Crippen LogP contribution in [0.25, 0.3) is 0 Å². The van der Waals surface area contributed by atoms with Crippen LogP contribution >= 0.6 is 24.8 Å². The topological polar surface area (TPSA) is 92.5 Å². The summed E-state index contributed by atoms with van der Waals surface area (Å²) in [7, 11) is 0. The van der Waals surface area contributed by atoms with E-state index < -0.39 is 0 Å². The predicted molar refractivity (Wildman–Crippen MR) is 88.5 cm³/mol. The van der Waals surface area contributed by atoms with Crippen LogP contribution in [0.3, 0.4) is 0 Å². The highest BCUT2D eigenvalue weighted by atomic mass is 35.5. The van der Waals surface area contributed by atoms with Crippen LogP contribution in [0.15, 0.2) is 0 Å². The Hall–Kier alpha value is 0.420. The number of hydrogen-bond acceptors (Lipinski definition) is 4. The molecule has 20 heavy (non-hydrogen) atoms. The Balaban J connectivity index is 0. The Morgan fingerprint density at radius 1 is 0.600 bits per heavy atom. The summed E-state index contributed by atoms with van der Waals surface area (Å²) in [6.45, 7) is 1.60. The van der Waals surface area contributed by atoms with Crippen LogP contribution in [-0.4, -0.2) is 35.5 Å². The molecule has 6 N–H and O–H groups in total. The fourth-order valence-electron chi connectivity index (χ4n) is 2.76. The van der Waals surface area contributed by atoms with Gasteiger partial charge < -0.3 is 21.7 Å². The highest BCUT2D eigenvalue weighted by molar-refractivity contribution is 5.85. The summed E-state index contributed by atoms with van der Waals surface area (Å²) in [6, 6.07) is 0. The molecule has 0 aromatic rings. The second kappa shape index (κ2) is 13.1. The van der Waals surface area contributed by atoms with Gasteiger partial charge in [-0.05, 0) is 76.3 Å². The zero-order valence-electron chi connectivity index (χ0n) is 12.2. The van der Waals surface area contributed by atoms with Gasteiger partial charge in [0.2, 0.25) is 0 Å². The average molecular weight is 331 g/mol. The highest BCUT2D eigenvalue weighted by Gasteiger charge is 2.17. The number of halogens is 2. The van der Waals surface area contributed by atoms with Crippen molar-refractivity contribution in [2.45, 2.75) is 63.6 Å². The average Bonchev–Trinajstić information content (AvgIpc) is 2.41. The largest absolute Gasteiger partial charge is 0.393 e. The molecule has 0 saturated heterocycles. The van der Waals surface area contributed by atoms with Crippen molar-refractivity contribution in [1.82, 2.24) is 0 Å². The second-order valence-electron chi connectivity index (χ2n) is 5.82. The van der Waals surface area contributed by atoms with Gasteiger partial charge in [-0.25, -0.2) is 0 Å². The second-order valence-corrected chi connectivity index (χ2v) is 5.82. The first kappa shape index (κ1) is 22.7. The molecule has 4 nitrogen and oxygen atoms in total. The summed E-state index contributed by atoms with van der Waals surface area (Å²) in [6.07, 6.45) is 8.26. The third-order valence-corrected chi connectivity index (χ3v) is 4.30. The van der Waals surface area contributed by atoms with E-state index >= 15 is 0 Å². The van der Waals surface area contributed by atoms with E-state index in [1.165, 1.54) is 0 Å². The van der Waals surface area contributed by atoms with Gasteiger partial charge in [-0.2, -0.15) is 0 Å². The lowest BCUT2D eigenvalue weighted by molar-refractivity contribution is 0.110. The van der Waals surface area contributed by atoms with E-state index in [4.69, 9.17) is 21.7 Å². The molecule has 2 fully saturated rings. The molecule has 0 radical (unpaired) electrons. The molecule has 0 bridgehead atoms. The van der Waals surface area contributed by atoms with Crippen LogP contribution in [0, 0.1) is 11.8 Å². The number of aliphatic hydroxyl groups excluding tert-OH is 2. The van der Waals surface area contributed by atoms with Crippen LogP contribution in [0.4, 0.5) is 0 Å². The lowest BCUT2D eigenvalue weighted by Gasteiger charge is -2.23. The zero-order chi connectivity index (χ0) is 13.4. The van der Waals surface area contributed by atoms with Crippen molar-refractivity contribution in [3.05, 3.63) is 0 Å². The maximum atomic E-state index is 9.08. The molecule has 0 heterocycles. The van der Waals surface area contributed by atoms with Crippen molar-refractivity contribution in [1.29, 1.82) is 0 Å². The van der Waals surface area contributed by atoms with Crippen LogP contribution in [0.2, 0.25) is 0 Å². The first-order valence-corrected chi connectivity index (χ1v) is 7.42. The van der Waals surface area contributed by atoms with Crippen molar-refractivity contribution in [3.8, 4) is 0 Å². The number of hydrogen-bond donors (Lipinski definition) is 4. The summed E-state index contributed by atoms with van der Waals surface area (Å²) >= 11 is 0. The van der Waals surface area contributed by atoms with E-state index in [0.29, 0.717) is 11.8 Å². The smallest absolute Gasteiger partial charge is 0.0540 e. The molecule has 124 valence electrons. The summed E-state index contributed by atoms with van der Waals surface area (Å²) in [5.74, 6) is 1.38. The fraction of sp³-hybridized carbons (Fsp3) is 1.00. The van der Waals surface area contributed by atoms with Gasteiger partial charge in [0.1, 0.15) is 0 Å². The van der Waals surface area contributed by atoms with Crippen molar-refractivity contribution < 1.29 is 10.2 Å². The minimum absolute atomic E-state index is 0. The van der Waals surface area contributed by atoms with E-state index in [-0.39, 0.29) is 37.0 Å². The number of nitrogens with two attached hydrogens (primary N) is 2. The Morgan fingerprint density at radius 2 is 0.850 bits per heavy atom. The van der Waals surface area contributed by atoms with Gasteiger partial charge in [-0.15, -0.1) is 24.8 Å². The molecule has 2 aliphatic carbocycles. The fourth-order valence-corrected chi connectivity index (χ4v) is 2.76. The Morgan fingerprint density at radius 3 is 1.05 bits per heavy atom. The molecule has 0 spiro atoms. The van der Waals surface area contributed by atoms with Crippen molar-refractivity contribution in [2.24, 2.45) is 23.3 Å². The van der Waals surface area contributed by atoms with E-state index in [2.05, 4.69) is 0 Å². The standard InChI is InChI=1S/2C7H15NO.2ClH/c2*8-5-6-1-3-7(9)4-2-6;;/h2*6-7,9H,1-5,8H2;2*1H. The molecule has 2 saturated carbocycles. The predicted octanol–water partition coefficient (Wildman–Crippen LogP) is 1.84. The van der Waals surface area contributed by atoms with Crippen LogP contribution in [-0.2, 0) is 0 Å². The maximum absolute atomic E-state index is 9.08. The minimum Gasteiger partial charge on any atom is -0.393 e. The molecule has 0 aromatic carbocycles. The first-order valence-electron chi connectivity index (χ1n) is 7.42. The van der Waals surface area contributed by atoms with Gasteiger partial charge >= 0.3 is 0 Å². The highest BCUT2D eigenvalue weighted by Crippen LogP contribution is 2.23. The third kappa shape index (κ3) is 9.37. The van der Waals surface area contributed by atoms with Crippen molar-refractivity contribution in [2.75, 3.05) is 13.1 Å². The van der Waals surface area contributed by atoms with Gasteiger partial charge in [-0.1, -0.05) is 0 Å². The minimum atomic E-state index is -0.0344. The molecule has 0 amide bonds. The Kier molecular flexibility index (Phi) is 14.9. The van der Waals surface area contributed by atoms with Crippen LogP contribution < -0.4 is 11.5 Å². The van der Waals surface area contributed by atoms with E-state index in [0.717, 1.165) is 64.5 Å². The normalized spacial score (nSPS) is 33.0. The molecule has 2 rings (SSSR count). The third-order valence-electron chi connectivity index (χ3n) is 4.30. The molecule has 6 heteroatoms. The van der Waals surface area contributed by atoms with Crippen molar-refractivity contribution >= 4 is 24.8 Å². The molecule has 2 aliphatic rings.